The number of hydrogen-bond donors (Lipinski definition) is 0. The van der Waals surface area contributed by atoms with E-state index in [0.29, 0.717) is 5.92 Å². The number of carbonyl (C=O) groups excluding carboxylic acids is 1. The summed E-state index contributed by atoms with van der Waals surface area (Å²) in [6, 6.07) is 13.7. The molecule has 2 aromatic rings. The van der Waals surface area contributed by atoms with E-state index in [1.807, 2.05) is 41.3 Å². The Balaban J connectivity index is 1.44. The standard InChI is InChI=1S/C22H22ClNO3/c23-19-8-6-17(7-9-19)18-3-1-2-12-24(14-18)22(25)11-5-16-4-10-20-21(13-16)27-15-26-20/h4-11,13,18H,1-3,12,14-15H2/b11-5+. The average molecular weight is 384 g/mol. The number of benzene rings is 2. The van der Waals surface area contributed by atoms with Crippen molar-refractivity contribution < 1.29 is 14.3 Å². The molecule has 0 spiro atoms. The van der Waals surface area contributed by atoms with Gasteiger partial charge in [0.2, 0.25) is 12.7 Å². The van der Waals surface area contributed by atoms with Crippen LogP contribution in [0.2, 0.25) is 5.02 Å². The molecule has 0 N–H and O–H groups in total. The number of rotatable bonds is 3. The van der Waals surface area contributed by atoms with Crippen molar-refractivity contribution in [3.8, 4) is 11.5 Å². The number of ether oxygens (including phenoxy) is 2. The largest absolute Gasteiger partial charge is 0.454 e. The van der Waals surface area contributed by atoms with Crippen LogP contribution in [-0.4, -0.2) is 30.7 Å². The van der Waals surface area contributed by atoms with Crippen molar-refractivity contribution in [1.29, 1.82) is 0 Å². The summed E-state index contributed by atoms with van der Waals surface area (Å²) in [5, 5.41) is 0.743. The molecular formula is C22H22ClNO3. The molecule has 2 aliphatic rings. The molecular weight excluding hydrogens is 362 g/mol. The number of likely N-dealkylation sites (tertiary alicyclic amines) is 1. The summed E-state index contributed by atoms with van der Waals surface area (Å²) < 4.78 is 10.7. The fraction of sp³-hybridized carbons (Fsp3) is 0.318. The Hall–Kier alpha value is -2.46. The Labute approximate surface area is 164 Å². The van der Waals surface area contributed by atoms with Gasteiger partial charge in [-0.3, -0.25) is 4.79 Å². The Morgan fingerprint density at radius 2 is 1.89 bits per heavy atom. The molecule has 140 valence electrons. The molecule has 0 radical (unpaired) electrons. The average Bonchev–Trinajstić information content (AvgIpc) is 3.01. The second-order valence-corrected chi connectivity index (χ2v) is 7.41. The molecule has 1 unspecified atom stereocenters. The fourth-order valence-corrected chi connectivity index (χ4v) is 3.76. The van der Waals surface area contributed by atoms with E-state index >= 15 is 0 Å². The van der Waals surface area contributed by atoms with Crippen molar-refractivity contribution in [2.45, 2.75) is 25.2 Å². The zero-order valence-corrected chi connectivity index (χ0v) is 15.8. The van der Waals surface area contributed by atoms with E-state index in [1.165, 1.54) is 5.56 Å². The van der Waals surface area contributed by atoms with Crippen molar-refractivity contribution >= 4 is 23.6 Å². The van der Waals surface area contributed by atoms with Crippen LogP contribution in [0.4, 0.5) is 0 Å². The zero-order chi connectivity index (χ0) is 18.6. The van der Waals surface area contributed by atoms with Gasteiger partial charge in [0.05, 0.1) is 0 Å². The van der Waals surface area contributed by atoms with Crippen LogP contribution in [0.15, 0.2) is 48.5 Å². The maximum Gasteiger partial charge on any atom is 0.246 e. The second kappa shape index (κ2) is 8.05. The van der Waals surface area contributed by atoms with Gasteiger partial charge in [0.15, 0.2) is 11.5 Å². The van der Waals surface area contributed by atoms with Gasteiger partial charge >= 0.3 is 0 Å². The minimum Gasteiger partial charge on any atom is -0.454 e. The summed E-state index contributed by atoms with van der Waals surface area (Å²) in [4.78, 5) is 14.7. The molecule has 2 heterocycles. The first-order chi connectivity index (χ1) is 13.2. The van der Waals surface area contributed by atoms with Crippen LogP contribution < -0.4 is 9.47 Å². The predicted octanol–water partition coefficient (Wildman–Crippen LogP) is 4.88. The minimum absolute atomic E-state index is 0.0496. The summed E-state index contributed by atoms with van der Waals surface area (Å²) in [5.41, 5.74) is 2.18. The Kier molecular flexibility index (Phi) is 5.35. The molecule has 2 aliphatic heterocycles. The SMILES string of the molecule is O=C(/C=C/c1ccc2c(c1)OCO2)N1CCCCC(c2ccc(Cl)cc2)C1. The maximum atomic E-state index is 12.8. The highest BCUT2D eigenvalue weighted by atomic mass is 35.5. The van der Waals surface area contributed by atoms with E-state index in [9.17, 15) is 4.79 Å². The molecule has 1 amide bonds. The van der Waals surface area contributed by atoms with E-state index in [-0.39, 0.29) is 12.7 Å². The van der Waals surface area contributed by atoms with Crippen molar-refractivity contribution in [3.05, 3.63) is 64.7 Å². The third kappa shape index (κ3) is 4.28. The number of carbonyl (C=O) groups is 1. The number of nitrogens with zero attached hydrogens (tertiary/aromatic N) is 1. The molecule has 1 saturated heterocycles. The van der Waals surface area contributed by atoms with Crippen LogP contribution in [-0.2, 0) is 4.79 Å². The van der Waals surface area contributed by atoms with Crippen molar-refractivity contribution in [2.24, 2.45) is 0 Å². The van der Waals surface area contributed by atoms with Crippen LogP contribution in [0, 0.1) is 0 Å². The molecule has 1 atom stereocenters. The molecule has 0 saturated carbocycles. The van der Waals surface area contributed by atoms with Crippen molar-refractivity contribution in [2.75, 3.05) is 19.9 Å². The number of fused-ring (bicyclic) bond motifs is 1. The predicted molar refractivity (Wildman–Crippen MR) is 106 cm³/mol. The van der Waals surface area contributed by atoms with Gasteiger partial charge in [0.1, 0.15) is 0 Å². The topological polar surface area (TPSA) is 38.8 Å². The van der Waals surface area contributed by atoms with E-state index < -0.39 is 0 Å². The highest BCUT2D eigenvalue weighted by Crippen LogP contribution is 2.33. The van der Waals surface area contributed by atoms with Gasteiger partial charge in [-0.2, -0.15) is 0 Å². The summed E-state index contributed by atoms with van der Waals surface area (Å²) in [6.07, 6.45) is 6.75. The van der Waals surface area contributed by atoms with Gasteiger partial charge in [0.25, 0.3) is 0 Å². The molecule has 4 nitrogen and oxygen atoms in total. The van der Waals surface area contributed by atoms with Crippen LogP contribution in [0.3, 0.4) is 0 Å². The van der Waals surface area contributed by atoms with Gasteiger partial charge in [0, 0.05) is 30.1 Å². The fourth-order valence-electron chi connectivity index (χ4n) is 3.64. The quantitative estimate of drug-likeness (QED) is 0.709. The van der Waals surface area contributed by atoms with E-state index in [2.05, 4.69) is 12.1 Å². The highest BCUT2D eigenvalue weighted by Gasteiger charge is 2.22. The van der Waals surface area contributed by atoms with Gasteiger partial charge in [-0.25, -0.2) is 0 Å². The van der Waals surface area contributed by atoms with Crippen molar-refractivity contribution in [1.82, 2.24) is 4.90 Å². The van der Waals surface area contributed by atoms with Crippen LogP contribution in [0.1, 0.15) is 36.3 Å². The molecule has 1 fully saturated rings. The third-order valence-corrected chi connectivity index (χ3v) is 5.39. The third-order valence-electron chi connectivity index (χ3n) is 5.14. The zero-order valence-electron chi connectivity index (χ0n) is 15.1. The first-order valence-electron chi connectivity index (χ1n) is 9.31. The molecule has 0 aliphatic carbocycles. The van der Waals surface area contributed by atoms with Gasteiger partial charge in [-0.1, -0.05) is 36.2 Å². The molecule has 0 aromatic heterocycles. The first-order valence-corrected chi connectivity index (χ1v) is 9.69. The second-order valence-electron chi connectivity index (χ2n) is 6.97. The lowest BCUT2D eigenvalue weighted by Gasteiger charge is -2.23. The summed E-state index contributed by atoms with van der Waals surface area (Å²) in [6.45, 7) is 1.79. The van der Waals surface area contributed by atoms with Gasteiger partial charge < -0.3 is 14.4 Å². The summed E-state index contributed by atoms with van der Waals surface area (Å²) in [7, 11) is 0. The first kappa shape index (κ1) is 17.9. The maximum absolute atomic E-state index is 12.8. The van der Waals surface area contributed by atoms with E-state index in [1.54, 1.807) is 6.08 Å². The molecule has 4 rings (SSSR count). The normalized spacial score (nSPS) is 19.3. The molecule has 27 heavy (non-hydrogen) atoms. The lowest BCUT2D eigenvalue weighted by atomic mass is 9.94. The Morgan fingerprint density at radius 1 is 1.07 bits per heavy atom. The van der Waals surface area contributed by atoms with Crippen LogP contribution >= 0.6 is 11.6 Å². The van der Waals surface area contributed by atoms with Gasteiger partial charge in [-0.05, 0) is 54.3 Å². The summed E-state index contributed by atoms with van der Waals surface area (Å²) in [5.74, 6) is 1.88. The lowest BCUT2D eigenvalue weighted by molar-refractivity contribution is -0.126. The lowest BCUT2D eigenvalue weighted by Crippen LogP contribution is -2.32. The molecule has 0 bridgehead atoms. The van der Waals surface area contributed by atoms with Gasteiger partial charge in [-0.15, -0.1) is 0 Å². The molecule has 5 heteroatoms. The number of hydrogen-bond acceptors (Lipinski definition) is 3. The minimum atomic E-state index is 0.0496. The number of amides is 1. The van der Waals surface area contributed by atoms with E-state index in [0.717, 1.165) is 54.4 Å². The monoisotopic (exact) mass is 383 g/mol. The Morgan fingerprint density at radius 3 is 2.74 bits per heavy atom. The molecule has 2 aromatic carbocycles. The number of halogens is 1. The van der Waals surface area contributed by atoms with Crippen molar-refractivity contribution in [3.63, 3.8) is 0 Å². The smallest absolute Gasteiger partial charge is 0.246 e. The van der Waals surface area contributed by atoms with E-state index in [4.69, 9.17) is 21.1 Å². The van der Waals surface area contributed by atoms with Crippen LogP contribution in [0.25, 0.3) is 6.08 Å². The summed E-state index contributed by atoms with van der Waals surface area (Å²) >= 11 is 6.01. The highest BCUT2D eigenvalue weighted by molar-refractivity contribution is 6.30. The Bertz CT molecular complexity index is 847. The van der Waals surface area contributed by atoms with Crippen LogP contribution in [0.5, 0.6) is 11.5 Å².